The molecule has 1 aliphatic heterocycles. The quantitative estimate of drug-likeness (QED) is 0.718. The lowest BCUT2D eigenvalue weighted by Crippen LogP contribution is -2.39. The van der Waals surface area contributed by atoms with Gasteiger partial charge in [0.15, 0.2) is 0 Å². The molecule has 1 saturated heterocycles. The average molecular weight is 349 g/mol. The predicted molar refractivity (Wildman–Crippen MR) is 102 cm³/mol. The van der Waals surface area contributed by atoms with Crippen LogP contribution in [-0.4, -0.2) is 23.1 Å². The van der Waals surface area contributed by atoms with Crippen molar-refractivity contribution in [1.82, 2.24) is 15.3 Å². The molecular weight excluding hydrogens is 325 g/mol. The van der Waals surface area contributed by atoms with Crippen LogP contribution in [0.5, 0.6) is 0 Å². The van der Waals surface area contributed by atoms with Crippen molar-refractivity contribution < 1.29 is 4.39 Å². The number of piperidine rings is 1. The van der Waals surface area contributed by atoms with Crippen molar-refractivity contribution >= 4 is 0 Å². The van der Waals surface area contributed by atoms with E-state index in [1.807, 2.05) is 36.5 Å². The highest BCUT2D eigenvalue weighted by Gasteiger charge is 2.33. The summed E-state index contributed by atoms with van der Waals surface area (Å²) in [5.74, 6) is 0.751. The van der Waals surface area contributed by atoms with Crippen LogP contribution in [-0.2, 0) is 12.8 Å². The number of rotatable bonds is 5. The van der Waals surface area contributed by atoms with E-state index in [4.69, 9.17) is 0 Å². The Kier molecular flexibility index (Phi) is 4.85. The third-order valence-electron chi connectivity index (χ3n) is 5.40. The topological polar surface area (TPSA) is 40.7 Å². The maximum absolute atomic E-state index is 13.2. The van der Waals surface area contributed by atoms with E-state index in [1.54, 1.807) is 12.1 Å². The zero-order valence-corrected chi connectivity index (χ0v) is 14.8. The number of aromatic amines is 1. The Bertz CT molecular complexity index is 833. The Morgan fingerprint density at radius 2 is 1.65 bits per heavy atom. The van der Waals surface area contributed by atoms with Crippen LogP contribution in [0.1, 0.15) is 24.1 Å². The van der Waals surface area contributed by atoms with Gasteiger partial charge in [-0.2, -0.15) is 0 Å². The molecule has 2 heterocycles. The molecule has 0 saturated carbocycles. The third-order valence-corrected chi connectivity index (χ3v) is 5.40. The molecule has 0 bridgehead atoms. The SMILES string of the molecule is Fc1ccc(CC2(Cc3cnc(-c4ccccc4)[nH]3)CCNCC2)cc1. The van der Waals surface area contributed by atoms with Crippen molar-refractivity contribution in [3.8, 4) is 11.4 Å². The molecule has 3 nitrogen and oxygen atoms in total. The average Bonchev–Trinajstić information content (AvgIpc) is 3.13. The van der Waals surface area contributed by atoms with Crippen LogP contribution >= 0.6 is 0 Å². The van der Waals surface area contributed by atoms with Gasteiger partial charge >= 0.3 is 0 Å². The molecule has 4 rings (SSSR count). The zero-order valence-electron chi connectivity index (χ0n) is 14.8. The van der Waals surface area contributed by atoms with Gasteiger partial charge in [0.1, 0.15) is 11.6 Å². The van der Waals surface area contributed by atoms with Gasteiger partial charge < -0.3 is 10.3 Å². The highest BCUT2D eigenvalue weighted by Crippen LogP contribution is 2.36. The lowest BCUT2D eigenvalue weighted by atomic mass is 9.71. The van der Waals surface area contributed by atoms with Crippen molar-refractivity contribution in [3.63, 3.8) is 0 Å². The summed E-state index contributed by atoms with van der Waals surface area (Å²) in [6, 6.07) is 17.2. The first-order valence-electron chi connectivity index (χ1n) is 9.27. The van der Waals surface area contributed by atoms with Crippen LogP contribution in [0, 0.1) is 11.2 Å². The summed E-state index contributed by atoms with van der Waals surface area (Å²) >= 11 is 0. The standard InChI is InChI=1S/C22H24FN3/c23-19-8-6-17(7-9-19)14-22(10-12-24-13-11-22)15-20-16-25-21(26-20)18-4-2-1-3-5-18/h1-9,16,24H,10-15H2,(H,25,26). The second kappa shape index (κ2) is 7.42. The highest BCUT2D eigenvalue weighted by molar-refractivity contribution is 5.54. The smallest absolute Gasteiger partial charge is 0.137 e. The van der Waals surface area contributed by atoms with Crippen molar-refractivity contribution in [2.75, 3.05) is 13.1 Å². The first-order valence-corrected chi connectivity index (χ1v) is 9.27. The molecule has 3 aromatic rings. The number of nitrogens with zero attached hydrogens (tertiary/aromatic N) is 1. The van der Waals surface area contributed by atoms with Crippen molar-refractivity contribution in [2.45, 2.75) is 25.7 Å². The van der Waals surface area contributed by atoms with Gasteiger partial charge in [0, 0.05) is 17.5 Å². The van der Waals surface area contributed by atoms with E-state index >= 15 is 0 Å². The van der Waals surface area contributed by atoms with E-state index in [0.717, 1.165) is 50.2 Å². The summed E-state index contributed by atoms with van der Waals surface area (Å²) in [5.41, 5.74) is 3.67. The first-order chi connectivity index (χ1) is 12.7. The molecule has 0 atom stereocenters. The fourth-order valence-electron chi connectivity index (χ4n) is 4.00. The van der Waals surface area contributed by atoms with Crippen LogP contribution in [0.3, 0.4) is 0 Å². The summed E-state index contributed by atoms with van der Waals surface area (Å²) in [5, 5.41) is 3.47. The number of hydrogen-bond donors (Lipinski definition) is 2. The Morgan fingerprint density at radius 1 is 0.923 bits per heavy atom. The van der Waals surface area contributed by atoms with Crippen LogP contribution in [0.2, 0.25) is 0 Å². The second-order valence-electron chi connectivity index (χ2n) is 7.35. The van der Waals surface area contributed by atoms with Crippen LogP contribution in [0.15, 0.2) is 60.8 Å². The summed E-state index contributed by atoms with van der Waals surface area (Å²) in [6.45, 7) is 2.06. The molecule has 1 fully saturated rings. The summed E-state index contributed by atoms with van der Waals surface area (Å²) in [7, 11) is 0. The van der Waals surface area contributed by atoms with E-state index in [0.29, 0.717) is 0 Å². The van der Waals surface area contributed by atoms with Crippen molar-refractivity contribution in [1.29, 1.82) is 0 Å². The van der Waals surface area contributed by atoms with Gasteiger partial charge in [-0.05, 0) is 61.9 Å². The van der Waals surface area contributed by atoms with Crippen LogP contribution in [0.4, 0.5) is 4.39 Å². The van der Waals surface area contributed by atoms with E-state index in [9.17, 15) is 4.39 Å². The lowest BCUT2D eigenvalue weighted by molar-refractivity contribution is 0.197. The van der Waals surface area contributed by atoms with Crippen molar-refractivity contribution in [3.05, 3.63) is 77.9 Å². The second-order valence-corrected chi connectivity index (χ2v) is 7.35. The molecule has 1 aromatic heterocycles. The number of halogens is 1. The molecule has 0 amide bonds. The Labute approximate surface area is 153 Å². The van der Waals surface area contributed by atoms with E-state index in [1.165, 1.54) is 11.3 Å². The van der Waals surface area contributed by atoms with Gasteiger partial charge in [0.2, 0.25) is 0 Å². The summed E-state index contributed by atoms with van der Waals surface area (Å²) < 4.78 is 13.2. The minimum Gasteiger partial charge on any atom is -0.342 e. The maximum atomic E-state index is 13.2. The maximum Gasteiger partial charge on any atom is 0.137 e. The lowest BCUT2D eigenvalue weighted by Gasteiger charge is -2.37. The number of hydrogen-bond acceptors (Lipinski definition) is 2. The molecule has 134 valence electrons. The molecule has 4 heteroatoms. The van der Waals surface area contributed by atoms with Crippen LogP contribution in [0.25, 0.3) is 11.4 Å². The third kappa shape index (κ3) is 3.86. The van der Waals surface area contributed by atoms with Gasteiger partial charge in [-0.25, -0.2) is 9.37 Å². The van der Waals surface area contributed by atoms with Gasteiger partial charge in [0.25, 0.3) is 0 Å². The Hall–Kier alpha value is -2.46. The van der Waals surface area contributed by atoms with Gasteiger partial charge in [-0.3, -0.25) is 0 Å². The molecule has 1 aliphatic rings. The monoisotopic (exact) mass is 349 g/mol. The Morgan fingerprint density at radius 3 is 2.38 bits per heavy atom. The Balaban J connectivity index is 1.55. The number of imidazole rings is 1. The largest absolute Gasteiger partial charge is 0.342 e. The summed E-state index contributed by atoms with van der Waals surface area (Å²) in [6.07, 6.45) is 6.13. The number of benzene rings is 2. The normalized spacial score (nSPS) is 16.5. The van der Waals surface area contributed by atoms with Gasteiger partial charge in [0.05, 0.1) is 0 Å². The van der Waals surface area contributed by atoms with E-state index < -0.39 is 0 Å². The molecule has 0 spiro atoms. The van der Waals surface area contributed by atoms with Gasteiger partial charge in [-0.15, -0.1) is 0 Å². The molecule has 2 aromatic carbocycles. The molecule has 2 N–H and O–H groups in total. The minimum atomic E-state index is -0.172. The van der Waals surface area contributed by atoms with E-state index in [-0.39, 0.29) is 11.2 Å². The van der Waals surface area contributed by atoms with E-state index in [2.05, 4.69) is 27.4 Å². The highest BCUT2D eigenvalue weighted by atomic mass is 19.1. The number of nitrogens with one attached hydrogen (secondary N) is 2. The number of H-pyrrole nitrogens is 1. The minimum absolute atomic E-state index is 0.172. The first kappa shape index (κ1) is 17.0. The fourth-order valence-corrected chi connectivity index (χ4v) is 4.00. The summed E-state index contributed by atoms with van der Waals surface area (Å²) in [4.78, 5) is 8.09. The predicted octanol–water partition coefficient (Wildman–Crippen LogP) is 4.37. The molecule has 26 heavy (non-hydrogen) atoms. The zero-order chi connectivity index (χ0) is 17.8. The molecule has 0 radical (unpaired) electrons. The number of aromatic nitrogens is 2. The molecule has 0 aliphatic carbocycles. The fraction of sp³-hybridized carbons (Fsp3) is 0.318. The van der Waals surface area contributed by atoms with Gasteiger partial charge in [-0.1, -0.05) is 42.5 Å². The van der Waals surface area contributed by atoms with Crippen molar-refractivity contribution in [2.24, 2.45) is 5.41 Å². The van der Waals surface area contributed by atoms with Crippen LogP contribution < -0.4 is 5.32 Å². The molecule has 0 unspecified atom stereocenters. The molecular formula is C22H24FN3.